The van der Waals surface area contributed by atoms with E-state index in [-0.39, 0.29) is 17.7 Å². The molecule has 0 saturated heterocycles. The number of hydrogen-bond donors (Lipinski definition) is 1. The molecule has 0 radical (unpaired) electrons. The number of rotatable bonds is 8. The molecule has 1 atom stereocenters. The minimum Gasteiger partial charge on any atom is -0.497 e. The summed E-state index contributed by atoms with van der Waals surface area (Å²) in [6.45, 7) is 7.34. The topological polar surface area (TPSA) is 60.0 Å². The minimum atomic E-state index is -0.255. The van der Waals surface area contributed by atoms with Crippen molar-refractivity contribution in [1.82, 2.24) is 10.2 Å². The second-order valence-corrected chi connectivity index (χ2v) is 5.43. The van der Waals surface area contributed by atoms with Gasteiger partial charge in [0.15, 0.2) is 0 Å². The number of benzene rings is 1. The zero-order chi connectivity index (χ0) is 17.4. The van der Waals surface area contributed by atoms with Crippen LogP contribution in [0.1, 0.15) is 25.5 Å². The van der Waals surface area contributed by atoms with E-state index in [1.807, 2.05) is 18.2 Å². The summed E-state index contributed by atoms with van der Waals surface area (Å²) in [7, 11) is 1.65. The van der Waals surface area contributed by atoms with Gasteiger partial charge in [-0.1, -0.05) is 26.0 Å². The lowest BCUT2D eigenvalue weighted by molar-refractivity contribution is -0.122. The lowest BCUT2D eigenvalue weighted by atomic mass is 10.0. The van der Waals surface area contributed by atoms with Gasteiger partial charge in [0.2, 0.25) is 5.76 Å². The Morgan fingerprint density at radius 1 is 1.33 bits per heavy atom. The second-order valence-electron chi connectivity index (χ2n) is 5.43. The Morgan fingerprint density at radius 2 is 2.12 bits per heavy atom. The van der Waals surface area contributed by atoms with Crippen LogP contribution in [0.15, 0.2) is 36.3 Å². The summed E-state index contributed by atoms with van der Waals surface area (Å²) in [6, 6.07) is 8.00. The average Bonchev–Trinajstić information content (AvgIpc) is 2.65. The molecule has 0 bridgehead atoms. The van der Waals surface area contributed by atoms with Crippen molar-refractivity contribution < 1.29 is 19.0 Å². The molecule has 1 amide bonds. The minimum absolute atomic E-state index is 0.0594. The summed E-state index contributed by atoms with van der Waals surface area (Å²) in [5.74, 6) is 0.780. The molecule has 0 fully saturated rings. The number of methoxy groups -OCH3 is 1. The molecule has 1 unspecified atom stereocenters. The van der Waals surface area contributed by atoms with Crippen LogP contribution in [0.2, 0.25) is 0 Å². The van der Waals surface area contributed by atoms with Gasteiger partial charge in [0.1, 0.15) is 25.2 Å². The summed E-state index contributed by atoms with van der Waals surface area (Å²) in [5.41, 5.74) is 1.10. The third kappa shape index (κ3) is 4.64. The van der Waals surface area contributed by atoms with Crippen LogP contribution < -0.4 is 10.1 Å². The first-order chi connectivity index (χ1) is 11.7. The maximum Gasteiger partial charge on any atom is 0.289 e. The van der Waals surface area contributed by atoms with Gasteiger partial charge >= 0.3 is 0 Å². The molecule has 1 heterocycles. The van der Waals surface area contributed by atoms with E-state index >= 15 is 0 Å². The average molecular weight is 334 g/mol. The van der Waals surface area contributed by atoms with Crippen LogP contribution >= 0.6 is 0 Å². The molecule has 1 aliphatic heterocycles. The number of nitrogens with zero attached hydrogens (tertiary/aromatic N) is 1. The number of hydrogen-bond acceptors (Lipinski definition) is 5. The zero-order valence-electron chi connectivity index (χ0n) is 14.6. The van der Waals surface area contributed by atoms with Crippen molar-refractivity contribution in [1.29, 1.82) is 0 Å². The molecule has 0 spiro atoms. The first-order valence-corrected chi connectivity index (χ1v) is 8.30. The molecule has 1 aliphatic rings. The van der Waals surface area contributed by atoms with Gasteiger partial charge in [-0.2, -0.15) is 0 Å². The van der Waals surface area contributed by atoms with Crippen molar-refractivity contribution in [2.45, 2.75) is 19.9 Å². The van der Waals surface area contributed by atoms with E-state index in [0.717, 1.165) is 24.4 Å². The maximum atomic E-state index is 12.2. The van der Waals surface area contributed by atoms with Gasteiger partial charge < -0.3 is 19.5 Å². The van der Waals surface area contributed by atoms with E-state index in [0.29, 0.717) is 19.8 Å². The van der Waals surface area contributed by atoms with Crippen molar-refractivity contribution in [3.8, 4) is 5.75 Å². The molecule has 0 saturated carbocycles. The van der Waals surface area contributed by atoms with Gasteiger partial charge in [-0.25, -0.2) is 0 Å². The van der Waals surface area contributed by atoms with Crippen LogP contribution in [0.5, 0.6) is 5.75 Å². The van der Waals surface area contributed by atoms with E-state index < -0.39 is 0 Å². The Morgan fingerprint density at radius 3 is 2.75 bits per heavy atom. The summed E-state index contributed by atoms with van der Waals surface area (Å²) < 4.78 is 15.8. The number of carbonyl (C=O) groups is 1. The standard InChI is InChI=1S/C18H26N2O4/c1-4-20(5-2)16(14-7-6-8-15(11-14)22-3)12-19-18(21)17-13-23-9-10-24-17/h6-8,11,13,16H,4-5,9-10,12H2,1-3H3,(H,19,21). The van der Waals surface area contributed by atoms with E-state index in [2.05, 4.69) is 30.1 Å². The van der Waals surface area contributed by atoms with Crippen LogP contribution in [0.4, 0.5) is 0 Å². The van der Waals surface area contributed by atoms with Crippen molar-refractivity contribution in [3.63, 3.8) is 0 Å². The van der Waals surface area contributed by atoms with Crippen LogP contribution in [0.25, 0.3) is 0 Å². The molecule has 1 aromatic rings. The van der Waals surface area contributed by atoms with Gasteiger partial charge in [0, 0.05) is 6.54 Å². The fourth-order valence-electron chi connectivity index (χ4n) is 2.73. The Hall–Kier alpha value is -2.21. The summed E-state index contributed by atoms with van der Waals surface area (Å²) in [5, 5.41) is 2.94. The Kier molecular flexibility index (Phi) is 6.93. The third-order valence-electron chi connectivity index (χ3n) is 4.06. The van der Waals surface area contributed by atoms with Crippen LogP contribution in [-0.2, 0) is 14.3 Å². The first-order valence-electron chi connectivity index (χ1n) is 8.30. The molecule has 6 nitrogen and oxygen atoms in total. The molecule has 1 aromatic carbocycles. The quantitative estimate of drug-likeness (QED) is 0.789. The van der Waals surface area contributed by atoms with Gasteiger partial charge in [-0.05, 0) is 30.8 Å². The normalized spacial score (nSPS) is 15.1. The van der Waals surface area contributed by atoms with Crippen LogP contribution in [0, 0.1) is 0 Å². The van der Waals surface area contributed by atoms with Crippen LogP contribution in [-0.4, -0.2) is 50.8 Å². The molecule has 24 heavy (non-hydrogen) atoms. The molecular weight excluding hydrogens is 308 g/mol. The number of ether oxygens (including phenoxy) is 3. The van der Waals surface area contributed by atoms with Gasteiger partial charge in [-0.15, -0.1) is 0 Å². The van der Waals surface area contributed by atoms with Crippen LogP contribution in [0.3, 0.4) is 0 Å². The Bertz CT molecular complexity index is 570. The number of amides is 1. The SMILES string of the molecule is CCN(CC)C(CNC(=O)C1=COCCO1)c1cccc(OC)c1. The molecule has 132 valence electrons. The van der Waals surface area contributed by atoms with Gasteiger partial charge in [0.05, 0.1) is 13.2 Å². The first kappa shape index (κ1) is 18.1. The van der Waals surface area contributed by atoms with E-state index in [4.69, 9.17) is 14.2 Å². The smallest absolute Gasteiger partial charge is 0.289 e. The Labute approximate surface area is 143 Å². The highest BCUT2D eigenvalue weighted by molar-refractivity contribution is 5.91. The molecule has 0 aliphatic carbocycles. The fraction of sp³-hybridized carbons (Fsp3) is 0.500. The highest BCUT2D eigenvalue weighted by Gasteiger charge is 2.21. The fourth-order valence-corrected chi connectivity index (χ4v) is 2.73. The van der Waals surface area contributed by atoms with E-state index in [9.17, 15) is 4.79 Å². The molecule has 2 rings (SSSR count). The number of nitrogens with one attached hydrogen (secondary N) is 1. The second kappa shape index (κ2) is 9.17. The highest BCUT2D eigenvalue weighted by atomic mass is 16.6. The van der Waals surface area contributed by atoms with Crippen molar-refractivity contribution in [3.05, 3.63) is 41.9 Å². The molecule has 0 aromatic heterocycles. The van der Waals surface area contributed by atoms with Gasteiger partial charge in [0.25, 0.3) is 5.91 Å². The molecule has 6 heteroatoms. The van der Waals surface area contributed by atoms with Crippen molar-refractivity contribution in [2.75, 3.05) is 40.0 Å². The molecular formula is C18H26N2O4. The van der Waals surface area contributed by atoms with Gasteiger partial charge in [-0.3, -0.25) is 9.69 Å². The predicted molar refractivity (Wildman–Crippen MR) is 91.7 cm³/mol. The largest absolute Gasteiger partial charge is 0.497 e. The maximum absolute atomic E-state index is 12.2. The predicted octanol–water partition coefficient (Wildman–Crippen LogP) is 2.08. The van der Waals surface area contributed by atoms with Crippen molar-refractivity contribution >= 4 is 5.91 Å². The highest BCUT2D eigenvalue weighted by Crippen LogP contribution is 2.24. The summed E-state index contributed by atoms with van der Waals surface area (Å²) in [4.78, 5) is 14.5. The number of carbonyl (C=O) groups excluding carboxylic acids is 1. The number of likely N-dealkylation sites (N-methyl/N-ethyl adjacent to an activating group) is 1. The zero-order valence-corrected chi connectivity index (χ0v) is 14.6. The lowest BCUT2D eigenvalue weighted by Gasteiger charge is -2.30. The third-order valence-corrected chi connectivity index (χ3v) is 4.06. The van der Waals surface area contributed by atoms with E-state index in [1.165, 1.54) is 6.26 Å². The summed E-state index contributed by atoms with van der Waals surface area (Å²) >= 11 is 0. The monoisotopic (exact) mass is 334 g/mol. The van der Waals surface area contributed by atoms with Crippen molar-refractivity contribution in [2.24, 2.45) is 0 Å². The molecule has 1 N–H and O–H groups in total. The summed E-state index contributed by atoms with van der Waals surface area (Å²) in [6.07, 6.45) is 1.37. The van der Waals surface area contributed by atoms with E-state index in [1.54, 1.807) is 7.11 Å². The lowest BCUT2D eigenvalue weighted by Crippen LogP contribution is -2.39. The Balaban J connectivity index is 2.11.